The molecule has 0 aliphatic carbocycles. The molecular weight excluding hydrogens is 220 g/mol. The average Bonchev–Trinajstić information content (AvgIpc) is 1.78. The number of halogens is 6. The molecule has 0 aromatic rings. The number of alkyl halides is 6. The predicted octanol–water partition coefficient (Wildman–Crippen LogP) is 0.685. The van der Waals surface area contributed by atoms with Crippen molar-refractivity contribution in [1.29, 1.82) is 0 Å². The van der Waals surface area contributed by atoms with Gasteiger partial charge < -0.3 is 16.3 Å². The first kappa shape index (κ1) is 12.7. The lowest BCUT2D eigenvalue weighted by Gasteiger charge is -2.20. The highest BCUT2D eigenvalue weighted by atomic mass is 19.4. The first-order valence-electron chi connectivity index (χ1n) is 2.93. The molecular formula is C4H5F6N3O. The van der Waals surface area contributed by atoms with Gasteiger partial charge in [0.2, 0.25) is 5.96 Å². The van der Waals surface area contributed by atoms with Crippen molar-refractivity contribution < 1.29 is 31.2 Å². The molecule has 0 atom stereocenters. The Hall–Kier alpha value is -1.35. The number of rotatable bonds is 2. The summed E-state index contributed by atoms with van der Waals surface area (Å²) in [6.07, 6.45) is -15.3. The molecule has 14 heavy (non-hydrogen) atoms. The van der Waals surface area contributed by atoms with Gasteiger partial charge in [0.1, 0.15) is 0 Å². The van der Waals surface area contributed by atoms with Crippen LogP contribution in [0, 0.1) is 0 Å². The maximum atomic E-state index is 11.7. The van der Waals surface area contributed by atoms with Crippen LogP contribution in [0.4, 0.5) is 26.3 Å². The Morgan fingerprint density at radius 2 is 1.36 bits per heavy atom. The van der Waals surface area contributed by atoms with Crippen molar-refractivity contribution in [2.75, 3.05) is 0 Å². The zero-order valence-corrected chi connectivity index (χ0v) is 6.36. The van der Waals surface area contributed by atoms with E-state index in [9.17, 15) is 26.3 Å². The van der Waals surface area contributed by atoms with Gasteiger partial charge in [-0.25, -0.2) is 0 Å². The highest BCUT2D eigenvalue weighted by molar-refractivity contribution is 5.74. The molecule has 0 saturated heterocycles. The van der Waals surface area contributed by atoms with Crippen molar-refractivity contribution in [3.8, 4) is 0 Å². The molecule has 0 aromatic heterocycles. The van der Waals surface area contributed by atoms with E-state index in [-0.39, 0.29) is 0 Å². The van der Waals surface area contributed by atoms with Crippen LogP contribution in [-0.2, 0) is 4.84 Å². The Balaban J connectivity index is 4.69. The minimum Gasteiger partial charge on any atom is -0.370 e. The number of hydrogen-bond donors (Lipinski definition) is 2. The van der Waals surface area contributed by atoms with Crippen molar-refractivity contribution >= 4 is 5.96 Å². The van der Waals surface area contributed by atoms with E-state index in [0.717, 1.165) is 0 Å². The van der Waals surface area contributed by atoms with Gasteiger partial charge in [0.15, 0.2) is 0 Å². The SMILES string of the molecule is NC(N)=NOC(C(F)(F)F)C(F)(F)F. The van der Waals surface area contributed by atoms with Crippen LogP contribution in [0.15, 0.2) is 5.16 Å². The Labute approximate surface area is 73.5 Å². The summed E-state index contributed by atoms with van der Waals surface area (Å²) in [6, 6.07) is 0. The standard InChI is InChI=1S/C4H5F6N3O/c5-3(6,7)1(4(8,9)10)14-13-2(11)12/h1H,(H4,11,12,13). The van der Waals surface area contributed by atoms with Crippen LogP contribution in [-0.4, -0.2) is 24.4 Å². The summed E-state index contributed by atoms with van der Waals surface area (Å²) in [5.41, 5.74) is 8.99. The fourth-order valence-corrected chi connectivity index (χ4v) is 0.419. The Morgan fingerprint density at radius 3 is 1.57 bits per heavy atom. The number of nitrogens with two attached hydrogens (primary N) is 2. The largest absolute Gasteiger partial charge is 0.437 e. The van der Waals surface area contributed by atoms with E-state index in [0.29, 0.717) is 0 Å². The van der Waals surface area contributed by atoms with Crippen LogP contribution in [0.5, 0.6) is 0 Å². The molecule has 0 aliphatic rings. The molecule has 0 aliphatic heterocycles. The lowest BCUT2D eigenvalue weighted by Crippen LogP contribution is -2.44. The zero-order chi connectivity index (χ0) is 11.6. The molecule has 0 bridgehead atoms. The maximum absolute atomic E-state index is 11.7. The molecule has 0 amide bonds. The summed E-state index contributed by atoms with van der Waals surface area (Å²) in [5, 5.41) is 2.19. The molecule has 0 spiro atoms. The Morgan fingerprint density at radius 1 is 1.00 bits per heavy atom. The molecule has 4 N–H and O–H groups in total. The summed E-state index contributed by atoms with van der Waals surface area (Å²) in [7, 11) is 0. The van der Waals surface area contributed by atoms with Crippen LogP contribution in [0.2, 0.25) is 0 Å². The third-order valence-electron chi connectivity index (χ3n) is 0.858. The second-order valence-electron chi connectivity index (χ2n) is 2.08. The van der Waals surface area contributed by atoms with E-state index in [1.165, 1.54) is 0 Å². The van der Waals surface area contributed by atoms with Gasteiger partial charge in [0.25, 0.3) is 0 Å². The first-order valence-corrected chi connectivity index (χ1v) is 2.93. The number of hydrogen-bond acceptors (Lipinski definition) is 2. The van der Waals surface area contributed by atoms with Crippen LogP contribution < -0.4 is 11.5 Å². The van der Waals surface area contributed by atoms with E-state index in [1.807, 2.05) is 0 Å². The summed E-state index contributed by atoms with van der Waals surface area (Å²) in [6.45, 7) is 0. The van der Waals surface area contributed by atoms with Gasteiger partial charge in [-0.2, -0.15) is 26.3 Å². The molecule has 0 aromatic carbocycles. The van der Waals surface area contributed by atoms with Crippen molar-refractivity contribution in [2.24, 2.45) is 16.6 Å². The van der Waals surface area contributed by atoms with Crippen molar-refractivity contribution in [3.63, 3.8) is 0 Å². The molecule has 0 fully saturated rings. The van der Waals surface area contributed by atoms with Crippen molar-refractivity contribution in [2.45, 2.75) is 18.5 Å². The normalized spacial score (nSPS) is 12.8. The van der Waals surface area contributed by atoms with Gasteiger partial charge in [-0.1, -0.05) is 0 Å². The predicted molar refractivity (Wildman–Crippen MR) is 32.8 cm³/mol. The molecule has 0 heterocycles. The molecule has 0 rings (SSSR count). The van der Waals surface area contributed by atoms with Gasteiger partial charge in [-0.15, -0.1) is 0 Å². The lowest BCUT2D eigenvalue weighted by molar-refractivity contribution is -0.322. The lowest BCUT2D eigenvalue weighted by atomic mass is 10.3. The molecule has 0 radical (unpaired) electrons. The van der Waals surface area contributed by atoms with E-state index >= 15 is 0 Å². The van der Waals surface area contributed by atoms with Crippen LogP contribution in [0.3, 0.4) is 0 Å². The third-order valence-corrected chi connectivity index (χ3v) is 0.858. The fraction of sp³-hybridized carbons (Fsp3) is 0.750. The fourth-order valence-electron chi connectivity index (χ4n) is 0.419. The van der Waals surface area contributed by atoms with Crippen molar-refractivity contribution in [1.82, 2.24) is 0 Å². The summed E-state index contributed by atoms with van der Waals surface area (Å²) < 4.78 is 70.0. The van der Waals surface area contributed by atoms with Crippen molar-refractivity contribution in [3.05, 3.63) is 0 Å². The van der Waals surface area contributed by atoms with Crippen LogP contribution >= 0.6 is 0 Å². The number of nitrogens with zero attached hydrogens (tertiary/aromatic N) is 1. The van der Waals surface area contributed by atoms with Gasteiger partial charge in [0.05, 0.1) is 0 Å². The molecule has 4 nitrogen and oxygen atoms in total. The number of guanidine groups is 1. The highest BCUT2D eigenvalue weighted by Gasteiger charge is 2.59. The minimum absolute atomic E-state index is 1.04. The summed E-state index contributed by atoms with van der Waals surface area (Å²) in [4.78, 5) is 3.12. The zero-order valence-electron chi connectivity index (χ0n) is 6.36. The smallest absolute Gasteiger partial charge is 0.370 e. The van der Waals surface area contributed by atoms with E-state index < -0.39 is 24.4 Å². The van der Waals surface area contributed by atoms with E-state index in [2.05, 4.69) is 21.5 Å². The first-order chi connectivity index (χ1) is 6.05. The van der Waals surface area contributed by atoms with Crippen LogP contribution in [0.25, 0.3) is 0 Å². The maximum Gasteiger partial charge on any atom is 0.437 e. The number of oxime groups is 1. The van der Waals surface area contributed by atoms with Gasteiger partial charge >= 0.3 is 18.5 Å². The van der Waals surface area contributed by atoms with Gasteiger partial charge in [-0.05, 0) is 5.16 Å². The quantitative estimate of drug-likeness (QED) is 0.314. The summed E-state index contributed by atoms with van der Waals surface area (Å²) >= 11 is 0. The summed E-state index contributed by atoms with van der Waals surface area (Å²) in [5.74, 6) is -1.04. The minimum atomic E-state index is -5.63. The highest BCUT2D eigenvalue weighted by Crippen LogP contribution is 2.35. The molecule has 84 valence electrons. The van der Waals surface area contributed by atoms with Gasteiger partial charge in [0, 0.05) is 0 Å². The Bertz CT molecular complexity index is 202. The second-order valence-corrected chi connectivity index (χ2v) is 2.08. The Kier molecular flexibility index (Phi) is 3.43. The van der Waals surface area contributed by atoms with E-state index in [1.54, 1.807) is 0 Å². The third kappa shape index (κ3) is 4.05. The molecule has 0 unspecified atom stereocenters. The van der Waals surface area contributed by atoms with E-state index in [4.69, 9.17) is 0 Å². The topological polar surface area (TPSA) is 73.6 Å². The monoisotopic (exact) mass is 225 g/mol. The van der Waals surface area contributed by atoms with Gasteiger partial charge in [-0.3, -0.25) is 0 Å². The molecule has 10 heteroatoms. The second kappa shape index (κ2) is 3.80. The average molecular weight is 225 g/mol. The van der Waals surface area contributed by atoms with Crippen LogP contribution in [0.1, 0.15) is 0 Å². The molecule has 0 saturated carbocycles.